The summed E-state index contributed by atoms with van der Waals surface area (Å²) in [5, 5.41) is 2.68. The maximum atomic E-state index is 2.56. The highest BCUT2D eigenvalue weighted by molar-refractivity contribution is 8.03. The van der Waals surface area contributed by atoms with Crippen molar-refractivity contribution in [2.24, 2.45) is 0 Å². The summed E-state index contributed by atoms with van der Waals surface area (Å²) in [6, 6.07) is 20.2. The normalized spacial score (nSPS) is 14.2. The van der Waals surface area contributed by atoms with E-state index >= 15 is 0 Å². The van der Waals surface area contributed by atoms with Crippen molar-refractivity contribution in [3.8, 4) is 0 Å². The summed E-state index contributed by atoms with van der Waals surface area (Å²) in [5.74, 6) is 0. The Morgan fingerprint density at radius 3 is 1.94 bits per heavy atom. The zero-order valence-electron chi connectivity index (χ0n) is 31.1. The number of hydrogen-bond acceptors (Lipinski definition) is 2. The molecule has 0 unspecified atom stereocenters. The molecule has 0 amide bonds. The molecular formula is C44H67N3S+2. The summed E-state index contributed by atoms with van der Waals surface area (Å²) in [7, 11) is 0. The number of fused-ring (bicyclic) bond motifs is 2. The van der Waals surface area contributed by atoms with Crippen LogP contribution in [0.5, 0.6) is 0 Å². The molecule has 1 aromatic heterocycles. The Morgan fingerprint density at radius 1 is 0.667 bits per heavy atom. The lowest BCUT2D eigenvalue weighted by atomic mass is 10.0. The van der Waals surface area contributed by atoms with Crippen molar-refractivity contribution < 1.29 is 9.05 Å². The van der Waals surface area contributed by atoms with Gasteiger partial charge in [0.2, 0.25) is 5.52 Å². The number of benzene rings is 2. The number of nitrogens with zero attached hydrogens (tertiary/aromatic N) is 3. The fraction of sp³-hybridized carbons (Fsp3) is 0.568. The predicted molar refractivity (Wildman–Crippen MR) is 213 cm³/mol. The first-order chi connectivity index (χ1) is 23.6. The summed E-state index contributed by atoms with van der Waals surface area (Å²) in [4.78, 5) is 3.94. The Labute approximate surface area is 299 Å². The van der Waals surface area contributed by atoms with Crippen LogP contribution in [0.1, 0.15) is 130 Å². The van der Waals surface area contributed by atoms with Gasteiger partial charge in [0.05, 0.1) is 48.7 Å². The number of thioether (sulfide) groups is 1. The second-order valence-electron chi connectivity index (χ2n) is 14.0. The number of aromatic nitrogens is 1. The van der Waals surface area contributed by atoms with Crippen molar-refractivity contribution in [1.82, 2.24) is 0 Å². The van der Waals surface area contributed by atoms with Gasteiger partial charge in [-0.1, -0.05) is 139 Å². The molecule has 2 heterocycles. The zero-order chi connectivity index (χ0) is 33.9. The predicted octanol–water partition coefficient (Wildman–Crippen LogP) is 12.3. The highest BCUT2D eigenvalue weighted by Crippen LogP contribution is 2.46. The van der Waals surface area contributed by atoms with Crippen LogP contribution in [0.2, 0.25) is 0 Å². The third kappa shape index (κ3) is 11.5. The van der Waals surface area contributed by atoms with Crippen molar-refractivity contribution in [2.45, 2.75) is 135 Å². The molecular weight excluding hydrogens is 603 g/mol. The Balaban J connectivity index is 1.28. The van der Waals surface area contributed by atoms with E-state index in [1.807, 2.05) is 11.8 Å². The topological polar surface area (TPSA) is 7.12 Å². The molecule has 0 atom stereocenters. The van der Waals surface area contributed by atoms with Gasteiger partial charge >= 0.3 is 0 Å². The molecule has 3 nitrogen and oxygen atoms in total. The SMILES string of the molecule is CCCCCCCCCCCCCCCCN1/C(=C\C=C/c2cc[n+](CCC[N+](CC)(CC)CC)c3ccccc23)Sc2ccccc21. The highest BCUT2D eigenvalue weighted by Gasteiger charge is 2.24. The van der Waals surface area contributed by atoms with Gasteiger partial charge in [-0.3, -0.25) is 0 Å². The number of unbranched alkanes of at least 4 members (excludes halogenated alkanes) is 13. The first kappa shape index (κ1) is 38.2. The number of rotatable bonds is 24. The Morgan fingerprint density at radius 2 is 1.27 bits per heavy atom. The van der Waals surface area contributed by atoms with Crippen LogP contribution in [-0.4, -0.2) is 37.2 Å². The number of allylic oxidation sites excluding steroid dienone is 2. The van der Waals surface area contributed by atoms with Crippen LogP contribution < -0.4 is 9.47 Å². The van der Waals surface area contributed by atoms with E-state index in [-0.39, 0.29) is 0 Å². The summed E-state index contributed by atoms with van der Waals surface area (Å²) >= 11 is 1.92. The van der Waals surface area contributed by atoms with E-state index in [9.17, 15) is 0 Å². The van der Waals surface area contributed by atoms with E-state index in [4.69, 9.17) is 0 Å². The monoisotopic (exact) mass is 670 g/mol. The second-order valence-corrected chi connectivity index (χ2v) is 15.1. The molecule has 1 aliphatic rings. The van der Waals surface area contributed by atoms with Crippen LogP contribution in [0.15, 0.2) is 82.9 Å². The number of quaternary nitrogens is 1. The minimum absolute atomic E-state index is 1.07. The van der Waals surface area contributed by atoms with Gasteiger partial charge in [-0.15, -0.1) is 0 Å². The molecule has 0 saturated heterocycles. The van der Waals surface area contributed by atoms with E-state index in [2.05, 4.69) is 116 Å². The van der Waals surface area contributed by atoms with Gasteiger partial charge < -0.3 is 9.38 Å². The lowest BCUT2D eigenvalue weighted by molar-refractivity contribution is -0.925. The first-order valence-corrected chi connectivity index (χ1v) is 20.7. The van der Waals surface area contributed by atoms with Gasteiger partial charge in [-0.25, -0.2) is 0 Å². The van der Waals surface area contributed by atoms with Gasteiger partial charge in [0, 0.05) is 23.6 Å². The fourth-order valence-electron chi connectivity index (χ4n) is 7.48. The number of pyridine rings is 1. The lowest BCUT2D eigenvalue weighted by Crippen LogP contribution is -2.49. The average molecular weight is 670 g/mol. The third-order valence-corrected chi connectivity index (χ3v) is 12.0. The minimum Gasteiger partial charge on any atom is -0.335 e. The number of para-hydroxylation sites is 2. The molecule has 4 heteroatoms. The van der Waals surface area contributed by atoms with E-state index in [1.54, 1.807) is 0 Å². The van der Waals surface area contributed by atoms with Gasteiger partial charge in [0.1, 0.15) is 0 Å². The molecule has 3 aromatic rings. The molecule has 0 radical (unpaired) electrons. The van der Waals surface area contributed by atoms with E-state index < -0.39 is 0 Å². The Bertz CT molecular complexity index is 1400. The van der Waals surface area contributed by atoms with Crippen LogP contribution in [0.25, 0.3) is 17.0 Å². The van der Waals surface area contributed by atoms with Crippen LogP contribution in [0, 0.1) is 0 Å². The molecule has 0 aliphatic carbocycles. The number of anilines is 1. The van der Waals surface area contributed by atoms with Gasteiger partial charge in [-0.05, 0) is 57.0 Å². The minimum atomic E-state index is 1.07. The molecule has 0 N–H and O–H groups in total. The first-order valence-electron chi connectivity index (χ1n) is 19.8. The molecule has 48 heavy (non-hydrogen) atoms. The second kappa shape index (κ2) is 21.5. The van der Waals surface area contributed by atoms with E-state index in [1.165, 1.54) is 159 Å². The van der Waals surface area contributed by atoms with E-state index in [0.717, 1.165) is 13.1 Å². The van der Waals surface area contributed by atoms with Gasteiger partial charge in [0.25, 0.3) is 0 Å². The largest absolute Gasteiger partial charge is 0.335 e. The van der Waals surface area contributed by atoms with E-state index in [0.29, 0.717) is 0 Å². The van der Waals surface area contributed by atoms with Crippen LogP contribution in [0.4, 0.5) is 5.69 Å². The van der Waals surface area contributed by atoms with Crippen molar-refractivity contribution >= 4 is 34.4 Å². The Hall–Kier alpha value is -2.56. The molecule has 0 saturated carbocycles. The van der Waals surface area contributed by atoms with Crippen molar-refractivity contribution in [3.05, 3.63) is 83.5 Å². The number of hydrogen-bond donors (Lipinski definition) is 0. The smallest absolute Gasteiger partial charge is 0.213 e. The fourth-order valence-corrected chi connectivity index (χ4v) is 8.58. The summed E-state index contributed by atoms with van der Waals surface area (Å²) in [6.45, 7) is 16.4. The quantitative estimate of drug-likeness (QED) is 0.0532. The van der Waals surface area contributed by atoms with Gasteiger partial charge in [0.15, 0.2) is 12.7 Å². The molecule has 4 rings (SSSR count). The Kier molecular flexibility index (Phi) is 17.1. The lowest BCUT2D eigenvalue weighted by Gasteiger charge is -2.35. The summed E-state index contributed by atoms with van der Waals surface area (Å²) < 4.78 is 3.68. The van der Waals surface area contributed by atoms with Crippen LogP contribution in [-0.2, 0) is 6.54 Å². The van der Waals surface area contributed by atoms with Gasteiger partial charge in [-0.2, -0.15) is 4.57 Å². The zero-order valence-corrected chi connectivity index (χ0v) is 31.9. The van der Waals surface area contributed by atoms with Crippen LogP contribution in [0.3, 0.4) is 0 Å². The molecule has 262 valence electrons. The number of aryl methyl sites for hydroxylation is 1. The third-order valence-electron chi connectivity index (χ3n) is 10.9. The molecule has 0 bridgehead atoms. The van der Waals surface area contributed by atoms with Crippen molar-refractivity contribution in [2.75, 3.05) is 37.6 Å². The molecule has 0 spiro atoms. The summed E-state index contributed by atoms with van der Waals surface area (Å²) in [6.07, 6.45) is 30.1. The maximum absolute atomic E-state index is 2.56. The molecule has 0 fully saturated rings. The maximum Gasteiger partial charge on any atom is 0.213 e. The van der Waals surface area contributed by atoms with Crippen molar-refractivity contribution in [3.63, 3.8) is 0 Å². The standard InChI is InChI=1S/C44H67N3S/c1-5-9-10-11-12-13-14-15-16-17-18-19-20-25-36-46-42-31-23-24-32-43(42)48-44(46)33-26-28-39-34-37-45(41-30-22-21-29-40(39)41)35-27-38-47(6-2,7-3)8-4/h21-24,26,28-34,37H,5-20,25,27,35-36,38H2,1-4H3/q+2. The molecule has 2 aromatic carbocycles. The van der Waals surface area contributed by atoms with Crippen molar-refractivity contribution in [1.29, 1.82) is 0 Å². The summed E-state index contributed by atoms with van der Waals surface area (Å²) in [5.41, 5.74) is 4.00. The average Bonchev–Trinajstić information content (AvgIpc) is 3.48. The molecule has 1 aliphatic heterocycles. The van der Waals surface area contributed by atoms with Crippen LogP contribution >= 0.6 is 11.8 Å². The highest BCUT2D eigenvalue weighted by atomic mass is 32.2.